The zero-order chi connectivity index (χ0) is 9.42. The highest BCUT2D eigenvalue weighted by Gasteiger charge is 2.06. The van der Waals surface area contributed by atoms with E-state index in [1.807, 2.05) is 6.92 Å². The van der Waals surface area contributed by atoms with Crippen LogP contribution >= 0.6 is 12.6 Å². The first-order valence-electron chi connectivity index (χ1n) is 3.88. The molecule has 2 heterocycles. The molecule has 0 radical (unpaired) electrons. The number of H-pyrrole nitrogens is 1. The van der Waals surface area contributed by atoms with Gasteiger partial charge in [0.05, 0.1) is 5.52 Å². The average molecular weight is 196 g/mol. The van der Waals surface area contributed by atoms with Gasteiger partial charge in [0.15, 0.2) is 0 Å². The molecule has 68 valence electrons. The predicted octanol–water partition coefficient (Wildman–Crippen LogP) is 0.428. The largest absolute Gasteiger partial charge is 0.315 e. The van der Waals surface area contributed by atoms with Gasteiger partial charge in [0.2, 0.25) is 0 Å². The predicted molar refractivity (Wildman–Crippen MR) is 51.1 cm³/mol. The van der Waals surface area contributed by atoms with E-state index in [9.17, 15) is 4.79 Å². The van der Waals surface area contributed by atoms with Crippen LogP contribution in [-0.4, -0.2) is 20.0 Å². The number of hydrogen-bond donors (Lipinski definition) is 2. The van der Waals surface area contributed by atoms with Gasteiger partial charge in [-0.2, -0.15) is 0 Å². The van der Waals surface area contributed by atoms with Gasteiger partial charge in [0.1, 0.15) is 10.5 Å². The topological polar surface area (TPSA) is 63.6 Å². The molecule has 0 saturated heterocycles. The highest BCUT2D eigenvalue weighted by atomic mass is 32.1. The normalized spacial score (nSPS) is 10.9. The van der Waals surface area contributed by atoms with Crippen molar-refractivity contribution in [2.24, 2.45) is 0 Å². The molecule has 0 bridgehead atoms. The van der Waals surface area contributed by atoms with Crippen molar-refractivity contribution in [3.63, 3.8) is 0 Å². The van der Waals surface area contributed by atoms with Gasteiger partial charge in [0.25, 0.3) is 5.56 Å². The fraction of sp³-hybridized carbons (Fsp3) is 0.286. The SMILES string of the molecule is CCn1nnc2c(S)[nH]c(=O)cc21. The summed E-state index contributed by atoms with van der Waals surface area (Å²) in [6.45, 7) is 2.63. The summed E-state index contributed by atoms with van der Waals surface area (Å²) < 4.78 is 1.66. The van der Waals surface area contributed by atoms with Gasteiger partial charge in [-0.05, 0) is 6.92 Å². The smallest absolute Gasteiger partial charge is 0.251 e. The molecule has 2 aromatic heterocycles. The van der Waals surface area contributed by atoms with E-state index >= 15 is 0 Å². The van der Waals surface area contributed by atoms with Gasteiger partial charge >= 0.3 is 0 Å². The maximum Gasteiger partial charge on any atom is 0.251 e. The maximum absolute atomic E-state index is 11.1. The minimum absolute atomic E-state index is 0.186. The molecular formula is C7H8N4OS. The van der Waals surface area contributed by atoms with E-state index in [4.69, 9.17) is 0 Å². The second kappa shape index (κ2) is 2.88. The Kier molecular flexibility index (Phi) is 1.84. The van der Waals surface area contributed by atoms with Crippen LogP contribution in [0, 0.1) is 0 Å². The first-order chi connectivity index (χ1) is 6.22. The van der Waals surface area contributed by atoms with Gasteiger partial charge in [0, 0.05) is 12.6 Å². The van der Waals surface area contributed by atoms with E-state index in [0.29, 0.717) is 17.1 Å². The van der Waals surface area contributed by atoms with E-state index < -0.39 is 0 Å². The zero-order valence-corrected chi connectivity index (χ0v) is 7.88. The van der Waals surface area contributed by atoms with Gasteiger partial charge in [-0.25, -0.2) is 4.68 Å². The summed E-state index contributed by atoms with van der Waals surface area (Å²) in [4.78, 5) is 13.6. The van der Waals surface area contributed by atoms with E-state index in [-0.39, 0.29) is 5.56 Å². The number of pyridine rings is 1. The molecule has 0 aromatic carbocycles. The van der Waals surface area contributed by atoms with Crippen LogP contribution in [0.4, 0.5) is 0 Å². The Hall–Kier alpha value is -1.30. The Labute approximate surface area is 79.2 Å². The standard InChI is InChI=1S/C7H8N4OS/c1-2-11-4-3-5(12)8-7(13)6(4)9-10-11/h3H,2H2,1H3,(H2,8,12,13). The Balaban J connectivity index is 2.90. The fourth-order valence-electron chi connectivity index (χ4n) is 1.20. The lowest BCUT2D eigenvalue weighted by molar-refractivity contribution is 0.646. The molecule has 2 aromatic rings. The van der Waals surface area contributed by atoms with Crippen LogP contribution in [0.3, 0.4) is 0 Å². The van der Waals surface area contributed by atoms with Crippen molar-refractivity contribution in [2.45, 2.75) is 18.5 Å². The van der Waals surface area contributed by atoms with Gasteiger partial charge in [-0.1, -0.05) is 5.21 Å². The van der Waals surface area contributed by atoms with Crippen molar-refractivity contribution in [3.05, 3.63) is 16.4 Å². The van der Waals surface area contributed by atoms with Crippen molar-refractivity contribution < 1.29 is 0 Å². The molecule has 0 aliphatic heterocycles. The molecule has 0 atom stereocenters. The van der Waals surface area contributed by atoms with E-state index in [1.54, 1.807) is 4.68 Å². The van der Waals surface area contributed by atoms with Crippen LogP contribution in [0.2, 0.25) is 0 Å². The summed E-state index contributed by atoms with van der Waals surface area (Å²) in [5.41, 5.74) is 1.16. The molecular weight excluding hydrogens is 188 g/mol. The molecule has 0 amide bonds. The number of aryl methyl sites for hydroxylation is 1. The first kappa shape index (κ1) is 8.31. The molecule has 0 aliphatic carbocycles. The molecule has 0 unspecified atom stereocenters. The summed E-state index contributed by atoms with van der Waals surface area (Å²) >= 11 is 4.10. The van der Waals surface area contributed by atoms with E-state index in [1.165, 1.54) is 6.07 Å². The summed E-state index contributed by atoms with van der Waals surface area (Å²) in [7, 11) is 0. The average Bonchev–Trinajstić information content (AvgIpc) is 2.47. The molecule has 0 spiro atoms. The molecule has 1 N–H and O–H groups in total. The van der Waals surface area contributed by atoms with Crippen molar-refractivity contribution >= 4 is 23.7 Å². The number of hydrogen-bond acceptors (Lipinski definition) is 4. The van der Waals surface area contributed by atoms with Crippen LogP contribution in [0.5, 0.6) is 0 Å². The highest BCUT2D eigenvalue weighted by molar-refractivity contribution is 7.80. The van der Waals surface area contributed by atoms with Crippen LogP contribution in [0.15, 0.2) is 15.9 Å². The number of nitrogens with zero attached hydrogens (tertiary/aromatic N) is 3. The van der Waals surface area contributed by atoms with Crippen LogP contribution in [0.25, 0.3) is 11.0 Å². The number of nitrogens with one attached hydrogen (secondary N) is 1. The molecule has 13 heavy (non-hydrogen) atoms. The summed E-state index contributed by atoms with van der Waals surface area (Å²) in [6.07, 6.45) is 0. The third-order valence-electron chi connectivity index (χ3n) is 1.81. The third kappa shape index (κ3) is 1.23. The number of aromatic nitrogens is 4. The van der Waals surface area contributed by atoms with Crippen LogP contribution < -0.4 is 5.56 Å². The molecule has 0 fully saturated rings. The molecule has 0 saturated carbocycles. The van der Waals surface area contributed by atoms with Crippen LogP contribution in [-0.2, 0) is 6.54 Å². The minimum Gasteiger partial charge on any atom is -0.315 e. The number of aromatic amines is 1. The van der Waals surface area contributed by atoms with Gasteiger partial charge in [-0.15, -0.1) is 17.7 Å². The zero-order valence-electron chi connectivity index (χ0n) is 6.98. The Bertz CT molecular complexity index is 501. The lowest BCUT2D eigenvalue weighted by atomic mass is 10.4. The summed E-state index contributed by atoms with van der Waals surface area (Å²) in [6, 6.07) is 1.47. The van der Waals surface area contributed by atoms with Gasteiger partial charge < -0.3 is 4.98 Å². The quantitative estimate of drug-likeness (QED) is 0.650. The highest BCUT2D eigenvalue weighted by Crippen LogP contribution is 2.13. The third-order valence-corrected chi connectivity index (χ3v) is 2.13. The molecule has 0 aliphatic rings. The monoisotopic (exact) mass is 196 g/mol. The van der Waals surface area contributed by atoms with Crippen molar-refractivity contribution in [3.8, 4) is 0 Å². The lowest BCUT2D eigenvalue weighted by Crippen LogP contribution is -2.06. The summed E-state index contributed by atoms with van der Waals surface area (Å²) in [5, 5.41) is 8.23. The Morgan fingerprint density at radius 2 is 2.46 bits per heavy atom. The lowest BCUT2D eigenvalue weighted by Gasteiger charge is -1.95. The second-order valence-electron chi connectivity index (χ2n) is 2.62. The van der Waals surface area contributed by atoms with Gasteiger partial charge in [-0.3, -0.25) is 4.79 Å². The maximum atomic E-state index is 11.1. The Morgan fingerprint density at radius 1 is 1.69 bits per heavy atom. The van der Waals surface area contributed by atoms with Crippen molar-refractivity contribution in [1.82, 2.24) is 20.0 Å². The summed E-state index contributed by atoms with van der Waals surface area (Å²) in [5.74, 6) is 0. The molecule has 5 nitrogen and oxygen atoms in total. The first-order valence-corrected chi connectivity index (χ1v) is 4.32. The number of rotatable bonds is 1. The van der Waals surface area contributed by atoms with Crippen molar-refractivity contribution in [1.29, 1.82) is 0 Å². The molecule has 2 rings (SSSR count). The fourth-order valence-corrected chi connectivity index (χ4v) is 1.47. The van der Waals surface area contributed by atoms with E-state index in [2.05, 4.69) is 27.9 Å². The Morgan fingerprint density at radius 3 is 3.15 bits per heavy atom. The second-order valence-corrected chi connectivity index (χ2v) is 3.07. The van der Waals surface area contributed by atoms with Crippen molar-refractivity contribution in [2.75, 3.05) is 0 Å². The number of fused-ring (bicyclic) bond motifs is 1. The number of thiol groups is 1. The minimum atomic E-state index is -0.186. The van der Waals surface area contributed by atoms with Crippen LogP contribution in [0.1, 0.15) is 6.92 Å². The molecule has 6 heteroatoms. The van der Waals surface area contributed by atoms with E-state index in [0.717, 1.165) is 5.52 Å².